The van der Waals surface area contributed by atoms with E-state index in [1.165, 1.54) is 10.4 Å². The van der Waals surface area contributed by atoms with Gasteiger partial charge in [0.1, 0.15) is 22.7 Å². The van der Waals surface area contributed by atoms with Crippen molar-refractivity contribution in [2.24, 2.45) is 4.99 Å². The van der Waals surface area contributed by atoms with Crippen molar-refractivity contribution < 1.29 is 14.6 Å². The SMILES string of the molecule is COc1cc2c(cc1Nc1ncnc3sc4c(c13)CCC(NCC(=O)O)C4)=CN=2. The first-order valence-electron chi connectivity index (χ1n) is 9.36. The van der Waals surface area contributed by atoms with Crippen LogP contribution in [0.25, 0.3) is 16.4 Å². The standard InChI is InChI=1S/C20H19N5O3S/c1-28-15-6-13-10(7-22-13)4-14(15)25-19-18-12-3-2-11(21-8-17(26)27)5-16(12)29-20(18)24-9-23-19/h4,6-7,9,11,21H,2-3,5,8H2,1H3,(H,26,27)(H,23,24,25). The number of aryl methyl sites for hydroxylation is 1. The van der Waals surface area contributed by atoms with Gasteiger partial charge in [-0.15, -0.1) is 11.3 Å². The van der Waals surface area contributed by atoms with Gasteiger partial charge in [-0.05, 0) is 30.9 Å². The van der Waals surface area contributed by atoms with Crippen LogP contribution in [0.5, 0.6) is 5.75 Å². The van der Waals surface area contributed by atoms with E-state index in [4.69, 9.17) is 9.84 Å². The number of hydrogen-bond acceptors (Lipinski definition) is 8. The van der Waals surface area contributed by atoms with Crippen LogP contribution in [0.1, 0.15) is 16.9 Å². The maximum atomic E-state index is 10.8. The minimum atomic E-state index is -0.831. The van der Waals surface area contributed by atoms with E-state index in [0.29, 0.717) is 0 Å². The molecular weight excluding hydrogens is 390 g/mol. The number of benzene rings is 1. The molecule has 0 saturated heterocycles. The number of aromatic nitrogens is 2. The van der Waals surface area contributed by atoms with Gasteiger partial charge in [0, 0.05) is 28.4 Å². The summed E-state index contributed by atoms with van der Waals surface area (Å²) in [4.78, 5) is 26.2. The third kappa shape index (κ3) is 3.22. The molecule has 0 radical (unpaired) electrons. The molecule has 9 heteroatoms. The van der Waals surface area contributed by atoms with Gasteiger partial charge >= 0.3 is 5.97 Å². The summed E-state index contributed by atoms with van der Waals surface area (Å²) in [7, 11) is 1.64. The molecule has 3 heterocycles. The average Bonchev–Trinajstić information content (AvgIpc) is 3.07. The van der Waals surface area contributed by atoms with E-state index in [2.05, 4.69) is 25.6 Å². The molecule has 0 bridgehead atoms. The number of aliphatic carboxylic acids is 1. The van der Waals surface area contributed by atoms with Crippen molar-refractivity contribution in [3.8, 4) is 5.75 Å². The Morgan fingerprint density at radius 1 is 1.38 bits per heavy atom. The Labute approximate surface area is 170 Å². The largest absolute Gasteiger partial charge is 0.494 e. The van der Waals surface area contributed by atoms with Gasteiger partial charge in [0.05, 0.1) is 30.1 Å². The smallest absolute Gasteiger partial charge is 0.317 e. The molecule has 8 nitrogen and oxygen atoms in total. The van der Waals surface area contributed by atoms with E-state index < -0.39 is 5.97 Å². The molecule has 5 rings (SSSR count). The number of ether oxygens (including phenoxy) is 1. The topological polar surface area (TPSA) is 109 Å². The molecule has 1 aliphatic carbocycles. The number of thiophene rings is 1. The number of hydrogen-bond donors (Lipinski definition) is 3. The normalized spacial score (nSPS) is 16.8. The third-order valence-corrected chi connectivity index (χ3v) is 6.49. The Kier molecular flexibility index (Phi) is 4.40. The van der Waals surface area contributed by atoms with Crippen molar-refractivity contribution in [2.45, 2.75) is 25.3 Å². The molecular formula is C20H19N5O3S. The number of carbonyl (C=O) groups is 1. The molecule has 29 heavy (non-hydrogen) atoms. The minimum absolute atomic E-state index is 0.0149. The Hall–Kier alpha value is -3.04. The van der Waals surface area contributed by atoms with Crippen LogP contribution in [0.2, 0.25) is 0 Å². The maximum Gasteiger partial charge on any atom is 0.317 e. The molecule has 2 aliphatic rings. The number of carboxylic acids is 1. The number of fused-ring (bicyclic) bond motifs is 4. The Morgan fingerprint density at radius 2 is 2.28 bits per heavy atom. The van der Waals surface area contributed by atoms with E-state index >= 15 is 0 Å². The van der Waals surface area contributed by atoms with E-state index in [1.807, 2.05) is 18.3 Å². The molecule has 1 aliphatic heterocycles. The van der Waals surface area contributed by atoms with E-state index in [1.54, 1.807) is 24.8 Å². The molecule has 1 atom stereocenters. The second-order valence-corrected chi connectivity index (χ2v) is 8.20. The van der Waals surface area contributed by atoms with Crippen molar-refractivity contribution in [1.29, 1.82) is 0 Å². The fraction of sp³-hybridized carbons (Fsp3) is 0.300. The fourth-order valence-electron chi connectivity index (χ4n) is 3.88. The molecule has 3 N–H and O–H groups in total. The highest BCUT2D eigenvalue weighted by molar-refractivity contribution is 7.19. The maximum absolute atomic E-state index is 10.8. The predicted molar refractivity (Wildman–Crippen MR) is 110 cm³/mol. The van der Waals surface area contributed by atoms with Crippen LogP contribution in [0.15, 0.2) is 23.5 Å². The first-order valence-corrected chi connectivity index (χ1v) is 10.2. The molecule has 0 spiro atoms. The molecule has 1 aromatic carbocycles. The second kappa shape index (κ2) is 7.09. The Bertz CT molecular complexity index is 1250. The van der Waals surface area contributed by atoms with Gasteiger partial charge in [-0.25, -0.2) is 9.97 Å². The number of methoxy groups -OCH3 is 1. The van der Waals surface area contributed by atoms with Gasteiger partial charge in [0.15, 0.2) is 0 Å². The van der Waals surface area contributed by atoms with Crippen molar-refractivity contribution in [1.82, 2.24) is 15.3 Å². The zero-order valence-corrected chi connectivity index (χ0v) is 16.5. The molecule has 0 amide bonds. The number of rotatable bonds is 6. The van der Waals surface area contributed by atoms with Crippen LogP contribution in [0.3, 0.4) is 0 Å². The van der Waals surface area contributed by atoms with Gasteiger partial charge in [0.2, 0.25) is 0 Å². The molecule has 3 aromatic rings. The van der Waals surface area contributed by atoms with Gasteiger partial charge in [-0.1, -0.05) is 0 Å². The number of anilines is 2. The van der Waals surface area contributed by atoms with Crippen LogP contribution in [-0.4, -0.2) is 40.7 Å². The van der Waals surface area contributed by atoms with Crippen LogP contribution >= 0.6 is 11.3 Å². The third-order valence-electron chi connectivity index (χ3n) is 5.33. The van der Waals surface area contributed by atoms with Crippen molar-refractivity contribution in [3.05, 3.63) is 39.5 Å². The highest BCUT2D eigenvalue weighted by Gasteiger charge is 2.25. The summed E-state index contributed by atoms with van der Waals surface area (Å²) in [6.45, 7) is -0.0149. The monoisotopic (exact) mass is 409 g/mol. The zero-order chi connectivity index (χ0) is 20.0. The minimum Gasteiger partial charge on any atom is -0.494 e. The van der Waals surface area contributed by atoms with E-state index in [0.717, 1.165) is 57.3 Å². The zero-order valence-electron chi connectivity index (χ0n) is 15.7. The lowest BCUT2D eigenvalue weighted by Gasteiger charge is -2.23. The van der Waals surface area contributed by atoms with E-state index in [-0.39, 0.29) is 12.6 Å². The lowest BCUT2D eigenvalue weighted by atomic mass is 9.93. The van der Waals surface area contributed by atoms with Gasteiger partial charge in [0.25, 0.3) is 0 Å². The molecule has 0 fully saturated rings. The number of nitrogens with zero attached hydrogens (tertiary/aromatic N) is 3. The second-order valence-electron chi connectivity index (χ2n) is 7.12. The Morgan fingerprint density at radius 3 is 3.03 bits per heavy atom. The summed E-state index contributed by atoms with van der Waals surface area (Å²) < 4.78 is 5.52. The summed E-state index contributed by atoms with van der Waals surface area (Å²) in [5.41, 5.74) is 2.10. The van der Waals surface area contributed by atoms with Crippen LogP contribution in [0, 0.1) is 0 Å². The van der Waals surface area contributed by atoms with Crippen LogP contribution in [-0.2, 0) is 17.6 Å². The highest BCUT2D eigenvalue weighted by atomic mass is 32.1. The Balaban J connectivity index is 1.49. The number of nitrogens with one attached hydrogen (secondary N) is 2. The fourth-order valence-corrected chi connectivity index (χ4v) is 5.15. The highest BCUT2D eigenvalue weighted by Crippen LogP contribution is 2.39. The first-order chi connectivity index (χ1) is 14.1. The quantitative estimate of drug-likeness (QED) is 0.564. The predicted octanol–water partition coefficient (Wildman–Crippen LogP) is 1.35. The summed E-state index contributed by atoms with van der Waals surface area (Å²) in [5, 5.41) is 18.5. The van der Waals surface area contributed by atoms with E-state index in [9.17, 15) is 4.79 Å². The molecule has 0 saturated carbocycles. The average molecular weight is 409 g/mol. The molecule has 148 valence electrons. The van der Waals surface area contributed by atoms with Crippen molar-refractivity contribution >= 4 is 45.2 Å². The lowest BCUT2D eigenvalue weighted by molar-refractivity contribution is -0.136. The lowest BCUT2D eigenvalue weighted by Crippen LogP contribution is -2.37. The summed E-state index contributed by atoms with van der Waals surface area (Å²) >= 11 is 1.66. The molecule has 1 unspecified atom stereocenters. The first kappa shape index (κ1) is 18.0. The van der Waals surface area contributed by atoms with Crippen molar-refractivity contribution in [3.63, 3.8) is 0 Å². The molecule has 2 aromatic heterocycles. The van der Waals surface area contributed by atoms with Gasteiger partial charge in [-0.2, -0.15) is 0 Å². The van der Waals surface area contributed by atoms with Gasteiger partial charge in [-0.3, -0.25) is 9.79 Å². The van der Waals surface area contributed by atoms with Crippen LogP contribution < -0.4 is 25.9 Å². The summed E-state index contributed by atoms with van der Waals surface area (Å²) in [6, 6.07) is 4.10. The van der Waals surface area contributed by atoms with Gasteiger partial charge < -0.3 is 20.5 Å². The summed E-state index contributed by atoms with van der Waals surface area (Å²) in [6.07, 6.45) is 5.96. The summed E-state index contributed by atoms with van der Waals surface area (Å²) in [5.74, 6) is 0.649. The number of carboxylic acid groups (broad SMARTS) is 1. The van der Waals surface area contributed by atoms with Crippen molar-refractivity contribution in [2.75, 3.05) is 19.0 Å². The van der Waals surface area contributed by atoms with Crippen LogP contribution in [0.4, 0.5) is 11.5 Å².